The lowest BCUT2D eigenvalue weighted by molar-refractivity contribution is -0.139. The molecule has 5 rings (SSSR count). The molecule has 0 N–H and O–H groups in total. The van der Waals surface area contributed by atoms with E-state index < -0.39 is 18.0 Å². The van der Waals surface area contributed by atoms with Crippen LogP contribution in [0.15, 0.2) is 80.1 Å². The second-order valence-electron chi connectivity index (χ2n) is 9.80. The van der Waals surface area contributed by atoms with Gasteiger partial charge in [0.05, 0.1) is 41.7 Å². The smallest absolute Gasteiger partial charge is 0.338 e. The van der Waals surface area contributed by atoms with Gasteiger partial charge in [-0.2, -0.15) is 0 Å². The monoisotopic (exact) mass is 634 g/mol. The van der Waals surface area contributed by atoms with E-state index in [-0.39, 0.29) is 24.3 Å². The summed E-state index contributed by atoms with van der Waals surface area (Å²) >= 11 is 7.61. The SMILES string of the molecule is CCCC1=C(C(=O)OCC)[C@H](c2cc(Cl)ccc2OC)n2c(s/c(=C/c3ccc(-c4cccc(C(=O)OCC)c4)o3)c2=O)=N1. The van der Waals surface area contributed by atoms with E-state index in [2.05, 4.69) is 0 Å². The van der Waals surface area contributed by atoms with Crippen molar-refractivity contribution in [3.8, 4) is 17.1 Å². The van der Waals surface area contributed by atoms with E-state index in [1.807, 2.05) is 13.0 Å². The van der Waals surface area contributed by atoms with Crippen molar-refractivity contribution in [1.29, 1.82) is 0 Å². The van der Waals surface area contributed by atoms with E-state index in [4.69, 9.17) is 35.2 Å². The molecule has 0 spiro atoms. The number of allylic oxidation sites excluding steroid dienone is 1. The Morgan fingerprint density at radius 2 is 1.82 bits per heavy atom. The third kappa shape index (κ3) is 6.13. The van der Waals surface area contributed by atoms with Gasteiger partial charge in [0.2, 0.25) is 0 Å². The number of thiazole rings is 1. The fourth-order valence-electron chi connectivity index (χ4n) is 5.06. The van der Waals surface area contributed by atoms with Gasteiger partial charge in [-0.1, -0.05) is 48.4 Å². The first-order chi connectivity index (χ1) is 21.3. The number of aromatic nitrogens is 1. The van der Waals surface area contributed by atoms with Crippen LogP contribution in [0.1, 0.15) is 61.3 Å². The molecule has 1 aliphatic rings. The van der Waals surface area contributed by atoms with Crippen LogP contribution in [0.4, 0.5) is 0 Å². The number of carbonyl (C=O) groups is 2. The average Bonchev–Trinajstić information content (AvgIpc) is 3.61. The number of nitrogens with zero attached hydrogens (tertiary/aromatic N) is 2. The van der Waals surface area contributed by atoms with Crippen LogP contribution in [0.3, 0.4) is 0 Å². The van der Waals surface area contributed by atoms with Gasteiger partial charge in [0.1, 0.15) is 23.3 Å². The molecule has 0 amide bonds. The zero-order valence-electron chi connectivity index (χ0n) is 24.7. The highest BCUT2D eigenvalue weighted by Gasteiger charge is 2.36. The zero-order valence-corrected chi connectivity index (χ0v) is 26.3. The first-order valence-electron chi connectivity index (χ1n) is 14.2. The minimum atomic E-state index is -0.875. The highest BCUT2D eigenvalue weighted by Crippen LogP contribution is 2.38. The lowest BCUT2D eigenvalue weighted by Gasteiger charge is -2.27. The van der Waals surface area contributed by atoms with E-state index in [0.29, 0.717) is 60.4 Å². The van der Waals surface area contributed by atoms with Gasteiger partial charge in [-0.15, -0.1) is 0 Å². The molecule has 3 heterocycles. The van der Waals surface area contributed by atoms with Crippen LogP contribution in [-0.2, 0) is 14.3 Å². The molecule has 228 valence electrons. The molecule has 0 fully saturated rings. The maximum absolute atomic E-state index is 14.1. The number of methoxy groups -OCH3 is 1. The third-order valence-electron chi connectivity index (χ3n) is 6.94. The predicted molar refractivity (Wildman–Crippen MR) is 168 cm³/mol. The number of halogens is 1. The maximum atomic E-state index is 14.1. The first-order valence-corrected chi connectivity index (χ1v) is 15.4. The Morgan fingerprint density at radius 1 is 1.05 bits per heavy atom. The first kappa shape index (κ1) is 31.0. The molecule has 2 aromatic carbocycles. The second-order valence-corrected chi connectivity index (χ2v) is 11.2. The van der Waals surface area contributed by atoms with E-state index in [1.165, 1.54) is 23.0 Å². The van der Waals surface area contributed by atoms with Gasteiger partial charge in [0.25, 0.3) is 5.56 Å². The number of rotatable bonds is 10. The average molecular weight is 635 g/mol. The summed E-state index contributed by atoms with van der Waals surface area (Å²) in [5.41, 5.74) is 2.10. The number of carbonyl (C=O) groups excluding carboxylic acids is 2. The second kappa shape index (κ2) is 13.5. The lowest BCUT2D eigenvalue weighted by Crippen LogP contribution is -2.40. The highest BCUT2D eigenvalue weighted by atomic mass is 35.5. The van der Waals surface area contributed by atoms with E-state index in [1.54, 1.807) is 68.5 Å². The molecule has 4 aromatic rings. The molecule has 1 atom stereocenters. The number of fused-ring (bicyclic) bond motifs is 1. The molecule has 0 unspecified atom stereocenters. The van der Waals surface area contributed by atoms with Crippen molar-refractivity contribution in [3.05, 3.63) is 107 Å². The van der Waals surface area contributed by atoms with Crippen LogP contribution in [0.2, 0.25) is 5.02 Å². The summed E-state index contributed by atoms with van der Waals surface area (Å²) in [6.07, 6.45) is 2.87. The van der Waals surface area contributed by atoms with Crippen LogP contribution in [-0.4, -0.2) is 36.8 Å². The highest BCUT2D eigenvalue weighted by molar-refractivity contribution is 7.07. The Labute approximate surface area is 262 Å². The predicted octanol–water partition coefficient (Wildman–Crippen LogP) is 5.68. The summed E-state index contributed by atoms with van der Waals surface area (Å²) in [6, 6.07) is 14.7. The van der Waals surface area contributed by atoms with E-state index in [0.717, 1.165) is 6.42 Å². The van der Waals surface area contributed by atoms with Crippen molar-refractivity contribution in [2.24, 2.45) is 4.99 Å². The van der Waals surface area contributed by atoms with E-state index >= 15 is 0 Å². The number of esters is 2. The summed E-state index contributed by atoms with van der Waals surface area (Å²) in [5, 5.41) is 0.426. The van der Waals surface area contributed by atoms with Gasteiger partial charge >= 0.3 is 11.9 Å². The minimum Gasteiger partial charge on any atom is -0.496 e. The molecule has 2 aromatic heterocycles. The topological polar surface area (TPSA) is 109 Å². The molecular weight excluding hydrogens is 604 g/mol. The Hall–Kier alpha value is -4.41. The molecule has 1 aliphatic heterocycles. The van der Waals surface area contributed by atoms with Gasteiger partial charge in [-0.05, 0) is 62.7 Å². The van der Waals surface area contributed by atoms with Crippen molar-refractivity contribution >= 4 is 41.0 Å². The quantitative estimate of drug-likeness (QED) is 0.207. The molecule has 0 saturated carbocycles. The van der Waals surface area contributed by atoms with Gasteiger partial charge in [0.15, 0.2) is 4.80 Å². The van der Waals surface area contributed by atoms with Crippen molar-refractivity contribution in [1.82, 2.24) is 4.57 Å². The Kier molecular flexibility index (Phi) is 9.51. The standard InChI is InChI=1S/C33H31ClN2O7S/c1-5-9-24-28(32(39)42-7-3)29(23-17-21(34)12-14-26(23)40-4)36-30(37)27(44-33(36)35-24)18-22-13-15-25(43-22)19-10-8-11-20(16-19)31(38)41-6-2/h8,10-18,29H,5-7,9H2,1-4H3/b27-18+/t29-/m0/s1. The summed E-state index contributed by atoms with van der Waals surface area (Å²) in [5.74, 6) is 0.447. The van der Waals surface area contributed by atoms with Gasteiger partial charge in [-0.25, -0.2) is 14.6 Å². The minimum absolute atomic E-state index is 0.162. The van der Waals surface area contributed by atoms with Crippen molar-refractivity contribution < 1.29 is 28.2 Å². The Balaban J connectivity index is 1.65. The largest absolute Gasteiger partial charge is 0.496 e. The molecule has 9 nitrogen and oxygen atoms in total. The van der Waals surface area contributed by atoms with E-state index in [9.17, 15) is 14.4 Å². The fraction of sp³-hybridized carbons (Fsp3) is 0.273. The molecule has 0 radical (unpaired) electrons. The maximum Gasteiger partial charge on any atom is 0.338 e. The number of hydrogen-bond donors (Lipinski definition) is 0. The normalized spacial score (nSPS) is 14.7. The Morgan fingerprint density at radius 3 is 2.55 bits per heavy atom. The number of ether oxygens (including phenoxy) is 3. The molecule has 0 bridgehead atoms. The molecule has 0 aliphatic carbocycles. The summed E-state index contributed by atoms with van der Waals surface area (Å²) in [4.78, 5) is 44.9. The van der Waals surface area contributed by atoms with Gasteiger partial charge in [-0.3, -0.25) is 9.36 Å². The Bertz CT molecular complexity index is 1940. The summed E-state index contributed by atoms with van der Waals surface area (Å²) in [6.45, 7) is 5.91. The molecule has 0 saturated heterocycles. The number of benzene rings is 2. The van der Waals surface area contributed by atoms with Crippen molar-refractivity contribution in [2.45, 2.75) is 39.7 Å². The third-order valence-corrected chi connectivity index (χ3v) is 8.15. The summed E-state index contributed by atoms with van der Waals surface area (Å²) < 4.78 is 24.1. The number of hydrogen-bond acceptors (Lipinski definition) is 9. The molecule has 11 heteroatoms. The van der Waals surface area contributed by atoms with Crippen LogP contribution < -0.4 is 19.6 Å². The van der Waals surface area contributed by atoms with Crippen LogP contribution >= 0.6 is 22.9 Å². The van der Waals surface area contributed by atoms with Crippen LogP contribution in [0.25, 0.3) is 17.4 Å². The van der Waals surface area contributed by atoms with Crippen molar-refractivity contribution in [3.63, 3.8) is 0 Å². The fourth-order valence-corrected chi connectivity index (χ4v) is 6.24. The van der Waals surface area contributed by atoms with Crippen LogP contribution in [0.5, 0.6) is 5.75 Å². The van der Waals surface area contributed by atoms with Gasteiger partial charge < -0.3 is 18.6 Å². The van der Waals surface area contributed by atoms with Crippen LogP contribution in [0, 0.1) is 0 Å². The molecule has 44 heavy (non-hydrogen) atoms. The van der Waals surface area contributed by atoms with Crippen molar-refractivity contribution in [2.75, 3.05) is 20.3 Å². The lowest BCUT2D eigenvalue weighted by atomic mass is 9.93. The van der Waals surface area contributed by atoms with Gasteiger partial charge in [0, 0.05) is 22.2 Å². The number of furan rings is 1. The molecular formula is C33H31ClN2O7S. The zero-order chi connectivity index (χ0) is 31.4. The summed E-state index contributed by atoms with van der Waals surface area (Å²) in [7, 11) is 1.52.